The smallest absolute Gasteiger partial charge is 0.255 e. The Morgan fingerprint density at radius 3 is 2.56 bits per heavy atom. The van der Waals surface area contributed by atoms with E-state index >= 15 is 0 Å². The van der Waals surface area contributed by atoms with Gasteiger partial charge in [-0.05, 0) is 53.6 Å². The van der Waals surface area contributed by atoms with Crippen LogP contribution in [0.25, 0.3) is 22.4 Å². The Morgan fingerprint density at radius 1 is 1.03 bits per heavy atom. The summed E-state index contributed by atoms with van der Waals surface area (Å²) in [7, 11) is 0. The average molecular weight is 481 g/mol. The molecule has 5 aromatic rings. The molecule has 0 aliphatic carbocycles. The summed E-state index contributed by atoms with van der Waals surface area (Å²) < 4.78 is 5.99. The van der Waals surface area contributed by atoms with Gasteiger partial charge in [0.25, 0.3) is 5.91 Å². The van der Waals surface area contributed by atoms with E-state index in [2.05, 4.69) is 50.0 Å². The SMILES string of the molecule is CCC(COc1ccc(C(=O)Nc2cccc3c(=O)cc(-c4nn[nH]n4)[nH]c23)cc1)c1ccccc1. The highest BCUT2D eigenvalue weighted by atomic mass is 16.5. The van der Waals surface area contributed by atoms with Gasteiger partial charge in [-0.2, -0.15) is 5.21 Å². The fourth-order valence-electron chi connectivity index (χ4n) is 4.04. The first kappa shape index (κ1) is 23.0. The number of H-pyrrole nitrogens is 2. The lowest BCUT2D eigenvalue weighted by Crippen LogP contribution is -2.14. The molecule has 3 aromatic carbocycles. The molecule has 2 aromatic heterocycles. The van der Waals surface area contributed by atoms with Crippen LogP contribution < -0.4 is 15.5 Å². The van der Waals surface area contributed by atoms with E-state index in [4.69, 9.17) is 4.74 Å². The molecular formula is C27H24N6O3. The fraction of sp³-hybridized carbons (Fsp3) is 0.148. The molecule has 9 nitrogen and oxygen atoms in total. The van der Waals surface area contributed by atoms with Crippen LogP contribution in [0.3, 0.4) is 0 Å². The quantitative estimate of drug-likeness (QED) is 0.300. The predicted octanol–water partition coefficient (Wildman–Crippen LogP) is 4.53. The number of benzene rings is 3. The van der Waals surface area contributed by atoms with Crippen molar-refractivity contribution < 1.29 is 9.53 Å². The standard InChI is InChI=1S/C27H24N6O3/c1-2-17(18-7-4-3-5-8-18)16-36-20-13-11-19(12-14-20)27(35)29-22-10-6-9-21-24(34)15-23(28-25(21)22)26-30-32-33-31-26/h3-15,17H,2,16H2,1H3,(H,28,34)(H,29,35)(H,30,31,32,33). The van der Waals surface area contributed by atoms with Gasteiger partial charge in [0.15, 0.2) is 5.43 Å². The van der Waals surface area contributed by atoms with Gasteiger partial charge in [0.05, 0.1) is 23.5 Å². The van der Waals surface area contributed by atoms with E-state index in [-0.39, 0.29) is 17.2 Å². The van der Waals surface area contributed by atoms with E-state index in [0.29, 0.717) is 46.1 Å². The van der Waals surface area contributed by atoms with E-state index in [0.717, 1.165) is 6.42 Å². The number of fused-ring (bicyclic) bond motifs is 1. The first-order valence-electron chi connectivity index (χ1n) is 11.6. The third-order valence-electron chi connectivity index (χ3n) is 6.03. The van der Waals surface area contributed by atoms with Gasteiger partial charge in [0.1, 0.15) is 5.75 Å². The number of amides is 1. The molecule has 0 saturated carbocycles. The van der Waals surface area contributed by atoms with Crippen LogP contribution in [-0.4, -0.2) is 38.1 Å². The Hall–Kier alpha value is -4.79. The minimum absolute atomic E-state index is 0.220. The van der Waals surface area contributed by atoms with E-state index in [1.54, 1.807) is 42.5 Å². The van der Waals surface area contributed by atoms with Gasteiger partial charge in [-0.25, -0.2) is 0 Å². The van der Waals surface area contributed by atoms with Gasteiger partial charge >= 0.3 is 0 Å². The maximum absolute atomic E-state index is 13.0. The van der Waals surface area contributed by atoms with E-state index < -0.39 is 0 Å². The molecule has 1 amide bonds. The molecule has 0 bridgehead atoms. The summed E-state index contributed by atoms with van der Waals surface area (Å²) >= 11 is 0. The average Bonchev–Trinajstić information content (AvgIpc) is 3.46. The summed E-state index contributed by atoms with van der Waals surface area (Å²) in [6.07, 6.45) is 0.964. The van der Waals surface area contributed by atoms with E-state index in [1.807, 2.05) is 18.2 Å². The van der Waals surface area contributed by atoms with Crippen molar-refractivity contribution in [2.24, 2.45) is 0 Å². The highest BCUT2D eigenvalue weighted by Crippen LogP contribution is 2.24. The third-order valence-corrected chi connectivity index (χ3v) is 6.03. The third kappa shape index (κ3) is 4.85. The number of nitrogens with zero attached hydrogens (tertiary/aromatic N) is 3. The van der Waals surface area contributed by atoms with Crippen LogP contribution in [0.1, 0.15) is 35.2 Å². The van der Waals surface area contributed by atoms with Crippen LogP contribution in [0.15, 0.2) is 83.7 Å². The number of aromatic nitrogens is 5. The Labute approximate surface area is 206 Å². The predicted molar refractivity (Wildman–Crippen MR) is 137 cm³/mol. The van der Waals surface area contributed by atoms with Crippen LogP contribution >= 0.6 is 0 Å². The van der Waals surface area contributed by atoms with Gasteiger partial charge in [-0.15, -0.1) is 10.2 Å². The molecule has 0 aliphatic rings. The molecule has 0 radical (unpaired) electrons. The van der Waals surface area contributed by atoms with Gasteiger partial charge in [0, 0.05) is 22.9 Å². The molecule has 0 spiro atoms. The molecular weight excluding hydrogens is 456 g/mol. The van der Waals surface area contributed by atoms with Crippen LogP contribution in [0.2, 0.25) is 0 Å². The second kappa shape index (κ2) is 10.2. The maximum atomic E-state index is 13.0. The second-order valence-corrected chi connectivity index (χ2v) is 8.32. The molecule has 0 saturated heterocycles. The molecule has 1 atom stereocenters. The number of anilines is 1. The number of nitrogens with one attached hydrogen (secondary N) is 3. The number of carbonyl (C=O) groups is 1. The molecule has 3 N–H and O–H groups in total. The normalized spacial score (nSPS) is 11.8. The summed E-state index contributed by atoms with van der Waals surface area (Å²) in [5.74, 6) is 0.930. The summed E-state index contributed by atoms with van der Waals surface area (Å²) in [6, 6.07) is 23.8. The monoisotopic (exact) mass is 480 g/mol. The van der Waals surface area contributed by atoms with Gasteiger partial charge in [0.2, 0.25) is 5.82 Å². The first-order valence-corrected chi connectivity index (χ1v) is 11.6. The number of hydrogen-bond donors (Lipinski definition) is 3. The highest BCUT2D eigenvalue weighted by Gasteiger charge is 2.14. The van der Waals surface area contributed by atoms with E-state index in [1.165, 1.54) is 11.6 Å². The summed E-state index contributed by atoms with van der Waals surface area (Å²) in [4.78, 5) is 28.7. The lowest BCUT2D eigenvalue weighted by Gasteiger charge is -2.16. The summed E-state index contributed by atoms with van der Waals surface area (Å²) in [5.41, 5.74) is 2.82. The maximum Gasteiger partial charge on any atom is 0.255 e. The number of rotatable bonds is 8. The molecule has 1 unspecified atom stereocenters. The number of ether oxygens (including phenoxy) is 1. The molecule has 9 heteroatoms. The Balaban J connectivity index is 1.31. The number of para-hydroxylation sites is 1. The van der Waals surface area contributed by atoms with Crippen LogP contribution in [0.5, 0.6) is 5.75 Å². The molecule has 0 fully saturated rings. The van der Waals surface area contributed by atoms with Crippen molar-refractivity contribution >= 4 is 22.5 Å². The minimum atomic E-state index is -0.310. The molecule has 180 valence electrons. The second-order valence-electron chi connectivity index (χ2n) is 8.32. The Kier molecular flexibility index (Phi) is 6.53. The van der Waals surface area contributed by atoms with Gasteiger partial charge in [-0.3, -0.25) is 9.59 Å². The van der Waals surface area contributed by atoms with Crippen molar-refractivity contribution in [3.8, 4) is 17.3 Å². The summed E-state index contributed by atoms with van der Waals surface area (Å²) in [5, 5.41) is 17.0. The van der Waals surface area contributed by atoms with Crippen LogP contribution in [0.4, 0.5) is 5.69 Å². The molecule has 5 rings (SSSR count). The molecule has 0 aliphatic heterocycles. The fourth-order valence-corrected chi connectivity index (χ4v) is 4.04. The Bertz CT molecular complexity index is 1530. The van der Waals surface area contributed by atoms with Crippen molar-refractivity contribution in [3.05, 3.63) is 100 Å². The number of tetrazole rings is 1. The van der Waals surface area contributed by atoms with Gasteiger partial charge in [-0.1, -0.05) is 43.3 Å². The zero-order chi connectivity index (χ0) is 24.9. The van der Waals surface area contributed by atoms with Crippen LogP contribution in [-0.2, 0) is 0 Å². The topological polar surface area (TPSA) is 126 Å². The van der Waals surface area contributed by atoms with Gasteiger partial charge < -0.3 is 15.0 Å². The number of carbonyl (C=O) groups excluding carboxylic acids is 1. The summed E-state index contributed by atoms with van der Waals surface area (Å²) in [6.45, 7) is 2.69. The van der Waals surface area contributed by atoms with Crippen LogP contribution in [0, 0.1) is 0 Å². The lowest BCUT2D eigenvalue weighted by molar-refractivity contribution is 0.102. The first-order chi connectivity index (χ1) is 17.6. The highest BCUT2D eigenvalue weighted by molar-refractivity contribution is 6.08. The largest absolute Gasteiger partial charge is 0.493 e. The number of pyridine rings is 1. The van der Waals surface area contributed by atoms with Crippen molar-refractivity contribution in [3.63, 3.8) is 0 Å². The van der Waals surface area contributed by atoms with Crippen molar-refractivity contribution in [1.29, 1.82) is 0 Å². The number of aromatic amines is 2. The molecule has 2 heterocycles. The zero-order valence-corrected chi connectivity index (χ0v) is 19.6. The number of hydrogen-bond acceptors (Lipinski definition) is 6. The van der Waals surface area contributed by atoms with Crippen molar-refractivity contribution in [2.45, 2.75) is 19.3 Å². The minimum Gasteiger partial charge on any atom is -0.493 e. The van der Waals surface area contributed by atoms with Crippen molar-refractivity contribution in [2.75, 3.05) is 11.9 Å². The van der Waals surface area contributed by atoms with Crippen molar-refractivity contribution in [1.82, 2.24) is 25.6 Å². The Morgan fingerprint density at radius 2 is 1.83 bits per heavy atom. The van der Waals surface area contributed by atoms with E-state index in [9.17, 15) is 9.59 Å². The lowest BCUT2D eigenvalue weighted by atomic mass is 9.97. The zero-order valence-electron chi connectivity index (χ0n) is 19.6. The molecule has 36 heavy (non-hydrogen) atoms.